The Balaban J connectivity index is 1.35. The Morgan fingerprint density at radius 1 is 0.655 bits per heavy atom. The molecular weight excluding hydrogens is 364 g/mol. The lowest BCUT2D eigenvalue weighted by Gasteiger charge is -2.42. The quantitative estimate of drug-likeness (QED) is 0.627. The smallest absolute Gasteiger partial charge is 0.0793 e. The van der Waals surface area contributed by atoms with Gasteiger partial charge < -0.3 is 20.0 Å². The molecule has 0 unspecified atom stereocenters. The molecule has 6 nitrogen and oxygen atoms in total. The van der Waals surface area contributed by atoms with Crippen molar-refractivity contribution >= 4 is 0 Å². The number of likely N-dealkylation sites (tertiary alicyclic amines) is 2. The van der Waals surface area contributed by atoms with Gasteiger partial charge in [0.1, 0.15) is 0 Å². The molecule has 0 radical (unpaired) electrons. The second kappa shape index (κ2) is 11.4. The van der Waals surface area contributed by atoms with Crippen molar-refractivity contribution in [3.05, 3.63) is 0 Å². The third kappa shape index (κ3) is 7.75. The predicted molar refractivity (Wildman–Crippen MR) is 119 cm³/mol. The number of piperazine rings is 1. The van der Waals surface area contributed by atoms with E-state index in [1.807, 2.05) is 0 Å². The summed E-state index contributed by atoms with van der Waals surface area (Å²) in [6.45, 7) is 17.6. The fourth-order valence-electron chi connectivity index (χ4n) is 5.69. The number of nitrogens with zero attached hydrogens (tertiary/aromatic N) is 4. The third-order valence-corrected chi connectivity index (χ3v) is 7.18. The van der Waals surface area contributed by atoms with E-state index in [1.165, 1.54) is 25.7 Å². The molecule has 3 rings (SSSR count). The summed E-state index contributed by atoms with van der Waals surface area (Å²) in [5.74, 6) is 1.53. The van der Waals surface area contributed by atoms with Crippen molar-refractivity contribution in [3.63, 3.8) is 0 Å². The van der Waals surface area contributed by atoms with E-state index in [4.69, 9.17) is 0 Å². The Hall–Kier alpha value is -0.240. The minimum atomic E-state index is -0.263. The summed E-state index contributed by atoms with van der Waals surface area (Å²) in [7, 11) is 0. The number of aliphatic hydroxyl groups is 2. The molecule has 6 heteroatoms. The number of hydrogen-bond acceptors (Lipinski definition) is 6. The maximum Gasteiger partial charge on any atom is 0.0793 e. The minimum Gasteiger partial charge on any atom is -0.390 e. The van der Waals surface area contributed by atoms with Crippen molar-refractivity contribution in [1.29, 1.82) is 0 Å². The molecule has 170 valence electrons. The Labute approximate surface area is 178 Å². The molecular formula is C23H46N4O2. The van der Waals surface area contributed by atoms with Gasteiger partial charge in [-0.15, -0.1) is 0 Å². The zero-order chi connectivity index (χ0) is 20.8. The zero-order valence-electron chi connectivity index (χ0n) is 19.2. The molecule has 5 atom stereocenters. The van der Waals surface area contributed by atoms with Crippen molar-refractivity contribution in [2.45, 2.75) is 64.7 Å². The molecule has 0 aromatic heterocycles. The van der Waals surface area contributed by atoms with E-state index in [-0.39, 0.29) is 12.2 Å². The fraction of sp³-hybridized carbons (Fsp3) is 1.00. The molecule has 3 aliphatic heterocycles. The largest absolute Gasteiger partial charge is 0.390 e. The molecule has 0 aromatic rings. The molecule has 0 aliphatic carbocycles. The van der Waals surface area contributed by atoms with Gasteiger partial charge >= 0.3 is 0 Å². The molecule has 0 spiro atoms. The van der Waals surface area contributed by atoms with E-state index < -0.39 is 0 Å². The highest BCUT2D eigenvalue weighted by Gasteiger charge is 2.28. The van der Waals surface area contributed by atoms with Crippen LogP contribution in [-0.2, 0) is 0 Å². The van der Waals surface area contributed by atoms with Crippen molar-refractivity contribution < 1.29 is 10.2 Å². The lowest BCUT2D eigenvalue weighted by Crippen LogP contribution is -2.56. The number of rotatable bonds is 8. The first kappa shape index (κ1) is 23.4. The van der Waals surface area contributed by atoms with Gasteiger partial charge in [-0.3, -0.25) is 9.80 Å². The van der Waals surface area contributed by atoms with Gasteiger partial charge in [0.25, 0.3) is 0 Å². The highest BCUT2D eigenvalue weighted by Crippen LogP contribution is 2.18. The van der Waals surface area contributed by atoms with Crippen LogP contribution in [0.25, 0.3) is 0 Å². The van der Waals surface area contributed by atoms with E-state index in [9.17, 15) is 10.2 Å². The van der Waals surface area contributed by atoms with Crippen LogP contribution in [0.5, 0.6) is 0 Å². The van der Waals surface area contributed by atoms with Crippen LogP contribution in [0.4, 0.5) is 0 Å². The molecule has 0 aromatic carbocycles. The Bertz CT molecular complexity index is 480. The van der Waals surface area contributed by atoms with Gasteiger partial charge in [0.15, 0.2) is 0 Å². The highest BCUT2D eigenvalue weighted by molar-refractivity contribution is 4.84. The van der Waals surface area contributed by atoms with E-state index in [0.717, 1.165) is 83.8 Å². The van der Waals surface area contributed by atoms with E-state index in [1.54, 1.807) is 0 Å². The number of hydrogen-bond donors (Lipinski definition) is 2. The number of aliphatic hydroxyl groups excluding tert-OH is 2. The van der Waals surface area contributed by atoms with E-state index in [0.29, 0.717) is 6.04 Å². The summed E-state index contributed by atoms with van der Waals surface area (Å²) in [6, 6.07) is 0.431. The third-order valence-electron chi connectivity index (χ3n) is 7.18. The Morgan fingerprint density at radius 2 is 1.14 bits per heavy atom. The number of β-amino-alcohol motifs (C(OH)–C–C–N with tert-alkyl or cyclic N) is 2. The van der Waals surface area contributed by atoms with Crippen LogP contribution < -0.4 is 0 Å². The SMILES string of the molecule is C[C@@H]1CCCN(C[C@H](O)CN2CCN(C[C@H](O)CN3CCC[C@H](C)C3)[C@H](C)C2)C1. The van der Waals surface area contributed by atoms with Crippen LogP contribution in [-0.4, -0.2) is 120 Å². The van der Waals surface area contributed by atoms with Crippen LogP contribution >= 0.6 is 0 Å². The summed E-state index contributed by atoms with van der Waals surface area (Å²) in [5.41, 5.74) is 0. The molecule has 3 saturated heterocycles. The van der Waals surface area contributed by atoms with Crippen LogP contribution in [0.2, 0.25) is 0 Å². The summed E-state index contributed by atoms with van der Waals surface area (Å²) in [6.07, 6.45) is 4.67. The van der Waals surface area contributed by atoms with E-state index in [2.05, 4.69) is 40.4 Å². The Morgan fingerprint density at radius 3 is 1.62 bits per heavy atom. The Kier molecular flexibility index (Phi) is 9.21. The van der Waals surface area contributed by atoms with Crippen molar-refractivity contribution in [2.24, 2.45) is 11.8 Å². The van der Waals surface area contributed by atoms with Gasteiger partial charge in [0.2, 0.25) is 0 Å². The molecule has 0 bridgehead atoms. The lowest BCUT2D eigenvalue weighted by molar-refractivity contribution is 0.00110. The summed E-state index contributed by atoms with van der Waals surface area (Å²) in [4.78, 5) is 9.74. The maximum absolute atomic E-state index is 10.6. The van der Waals surface area contributed by atoms with Gasteiger partial charge in [-0.05, 0) is 57.5 Å². The predicted octanol–water partition coefficient (Wildman–Crippen LogP) is 1.18. The average Bonchev–Trinajstić information content (AvgIpc) is 2.64. The van der Waals surface area contributed by atoms with Crippen LogP contribution in [0.1, 0.15) is 46.5 Å². The molecule has 3 heterocycles. The van der Waals surface area contributed by atoms with Crippen molar-refractivity contribution in [1.82, 2.24) is 19.6 Å². The summed E-state index contributed by atoms with van der Waals surface area (Å²) >= 11 is 0. The summed E-state index contributed by atoms with van der Waals surface area (Å²) in [5, 5.41) is 21.2. The minimum absolute atomic E-state index is 0.259. The number of piperidine rings is 2. The van der Waals surface area contributed by atoms with Gasteiger partial charge in [-0.1, -0.05) is 13.8 Å². The van der Waals surface area contributed by atoms with Crippen molar-refractivity contribution in [2.75, 3.05) is 72.0 Å². The first-order valence-corrected chi connectivity index (χ1v) is 12.2. The maximum atomic E-state index is 10.6. The molecule has 0 amide bonds. The monoisotopic (exact) mass is 410 g/mol. The summed E-state index contributed by atoms with van der Waals surface area (Å²) < 4.78 is 0. The van der Waals surface area contributed by atoms with Gasteiger partial charge in [-0.25, -0.2) is 0 Å². The highest BCUT2D eigenvalue weighted by atomic mass is 16.3. The second-order valence-electron chi connectivity index (χ2n) is 10.4. The molecule has 0 saturated carbocycles. The molecule has 2 N–H and O–H groups in total. The molecule has 3 fully saturated rings. The van der Waals surface area contributed by atoms with Crippen LogP contribution in [0, 0.1) is 11.8 Å². The lowest BCUT2D eigenvalue weighted by atomic mass is 10.00. The van der Waals surface area contributed by atoms with Crippen LogP contribution in [0.15, 0.2) is 0 Å². The molecule has 29 heavy (non-hydrogen) atoms. The first-order valence-electron chi connectivity index (χ1n) is 12.2. The normalized spacial score (nSPS) is 33.6. The standard InChI is InChI=1S/C23H46N4O2/c1-19-6-4-8-24(12-19)15-22(28)16-26-10-11-27(21(3)14-26)18-23(29)17-25-9-5-7-20(2)13-25/h19-23,28-29H,4-18H2,1-3H3/t19-,20+,21-,22+,23-/m1/s1. The van der Waals surface area contributed by atoms with Crippen LogP contribution in [0.3, 0.4) is 0 Å². The van der Waals surface area contributed by atoms with Gasteiger partial charge in [-0.2, -0.15) is 0 Å². The molecule has 3 aliphatic rings. The van der Waals surface area contributed by atoms with Gasteiger partial charge in [0, 0.05) is 64.9 Å². The first-order chi connectivity index (χ1) is 13.9. The topological polar surface area (TPSA) is 53.4 Å². The second-order valence-corrected chi connectivity index (χ2v) is 10.4. The van der Waals surface area contributed by atoms with Crippen molar-refractivity contribution in [3.8, 4) is 0 Å². The zero-order valence-corrected chi connectivity index (χ0v) is 19.2. The van der Waals surface area contributed by atoms with Gasteiger partial charge in [0.05, 0.1) is 12.2 Å². The average molecular weight is 411 g/mol. The fourth-order valence-corrected chi connectivity index (χ4v) is 5.69. The van der Waals surface area contributed by atoms with E-state index >= 15 is 0 Å².